The molecule has 0 spiro atoms. The number of nitrogens with zero attached hydrogens (tertiary/aromatic N) is 2. The van der Waals surface area contributed by atoms with E-state index in [9.17, 15) is 9.59 Å². The molecule has 2 heterocycles. The van der Waals surface area contributed by atoms with E-state index in [1.165, 1.54) is 0 Å². The van der Waals surface area contributed by atoms with Gasteiger partial charge >= 0.3 is 0 Å². The first kappa shape index (κ1) is 28.5. The molecule has 2 amide bonds. The van der Waals surface area contributed by atoms with Crippen molar-refractivity contribution in [3.63, 3.8) is 0 Å². The van der Waals surface area contributed by atoms with Crippen LogP contribution in [0.5, 0.6) is 23.0 Å². The van der Waals surface area contributed by atoms with E-state index in [2.05, 4.69) is 10.2 Å². The first-order valence-electron chi connectivity index (χ1n) is 13.7. The van der Waals surface area contributed by atoms with Crippen LogP contribution in [0.1, 0.15) is 41.6 Å². The Bertz CT molecular complexity index is 1100. The van der Waals surface area contributed by atoms with Crippen molar-refractivity contribution in [3.8, 4) is 23.0 Å². The van der Waals surface area contributed by atoms with E-state index in [0.717, 1.165) is 63.8 Å². The number of likely N-dealkylation sites (tertiary alicyclic amines) is 2. The number of ether oxygens (including phenoxy) is 4. The molecule has 0 radical (unpaired) electrons. The molecule has 9 heteroatoms. The van der Waals surface area contributed by atoms with Crippen LogP contribution in [0.3, 0.4) is 0 Å². The number of carbonyl (C=O) groups excluding carboxylic acids is 2. The van der Waals surface area contributed by atoms with Gasteiger partial charge in [-0.25, -0.2) is 0 Å². The summed E-state index contributed by atoms with van der Waals surface area (Å²) in [6.07, 6.45) is 4.35. The van der Waals surface area contributed by atoms with E-state index in [4.69, 9.17) is 18.9 Å². The molecule has 1 N–H and O–H groups in total. The average Bonchev–Trinajstić information content (AvgIpc) is 3.00. The van der Waals surface area contributed by atoms with Crippen LogP contribution in [0.25, 0.3) is 0 Å². The van der Waals surface area contributed by atoms with Gasteiger partial charge in [-0.1, -0.05) is 6.07 Å². The van der Waals surface area contributed by atoms with Crippen molar-refractivity contribution in [1.29, 1.82) is 0 Å². The first-order valence-corrected chi connectivity index (χ1v) is 13.7. The molecule has 39 heavy (non-hydrogen) atoms. The largest absolute Gasteiger partial charge is 0.497 e. The van der Waals surface area contributed by atoms with Crippen molar-refractivity contribution < 1.29 is 28.5 Å². The Balaban J connectivity index is 1.19. The zero-order valence-electron chi connectivity index (χ0n) is 23.5. The summed E-state index contributed by atoms with van der Waals surface area (Å²) < 4.78 is 21.3. The molecule has 212 valence electrons. The normalized spacial score (nSPS) is 17.0. The van der Waals surface area contributed by atoms with Crippen molar-refractivity contribution in [1.82, 2.24) is 15.1 Å². The fraction of sp³-hybridized carbons (Fsp3) is 0.533. The molecule has 4 rings (SSSR count). The molecule has 0 atom stereocenters. The minimum absolute atomic E-state index is 0.00844. The molecule has 2 aliphatic heterocycles. The Morgan fingerprint density at radius 2 is 1.44 bits per heavy atom. The van der Waals surface area contributed by atoms with Crippen molar-refractivity contribution in [2.75, 3.05) is 61.2 Å². The van der Waals surface area contributed by atoms with Crippen LogP contribution in [0, 0.1) is 5.92 Å². The van der Waals surface area contributed by atoms with Crippen LogP contribution in [-0.2, 0) is 11.2 Å². The predicted octanol–water partition coefficient (Wildman–Crippen LogP) is 3.40. The fourth-order valence-corrected chi connectivity index (χ4v) is 5.58. The van der Waals surface area contributed by atoms with Crippen LogP contribution in [0.15, 0.2) is 36.4 Å². The van der Waals surface area contributed by atoms with E-state index in [1.54, 1.807) is 46.6 Å². The second-order valence-electron chi connectivity index (χ2n) is 10.2. The summed E-state index contributed by atoms with van der Waals surface area (Å²) >= 11 is 0. The third-order valence-corrected chi connectivity index (χ3v) is 7.93. The number of hydrogen-bond donors (Lipinski definition) is 1. The van der Waals surface area contributed by atoms with E-state index >= 15 is 0 Å². The van der Waals surface area contributed by atoms with Gasteiger partial charge in [0.2, 0.25) is 5.91 Å². The monoisotopic (exact) mass is 539 g/mol. The third-order valence-electron chi connectivity index (χ3n) is 7.93. The van der Waals surface area contributed by atoms with Gasteiger partial charge in [0.1, 0.15) is 11.5 Å². The second-order valence-corrected chi connectivity index (χ2v) is 10.2. The van der Waals surface area contributed by atoms with Gasteiger partial charge in [-0.3, -0.25) is 9.59 Å². The SMILES string of the molecule is COc1cc(OC)cc(C(=O)N2CCC(N3CCC(C(=O)NCCc4ccc(OC)c(OC)c4)CC3)CC2)c1. The number of nitrogens with one attached hydrogen (secondary N) is 1. The number of methoxy groups -OCH3 is 4. The van der Waals surface area contributed by atoms with E-state index in [1.807, 2.05) is 23.1 Å². The number of hydrogen-bond acceptors (Lipinski definition) is 7. The summed E-state index contributed by atoms with van der Waals surface area (Å²) in [6.45, 7) is 3.87. The molecule has 2 aliphatic rings. The maximum atomic E-state index is 13.1. The van der Waals surface area contributed by atoms with E-state index < -0.39 is 0 Å². The molecule has 0 bridgehead atoms. The van der Waals surface area contributed by atoms with Crippen LogP contribution in [0.4, 0.5) is 0 Å². The van der Waals surface area contributed by atoms with E-state index in [-0.39, 0.29) is 17.7 Å². The highest BCUT2D eigenvalue weighted by atomic mass is 16.5. The lowest BCUT2D eigenvalue weighted by Gasteiger charge is -2.41. The van der Waals surface area contributed by atoms with Crippen LogP contribution in [0.2, 0.25) is 0 Å². The molecule has 2 aromatic carbocycles. The van der Waals surface area contributed by atoms with Gasteiger partial charge in [-0.05, 0) is 75.0 Å². The van der Waals surface area contributed by atoms with Crippen LogP contribution in [-0.4, -0.2) is 88.8 Å². The Hall–Kier alpha value is -3.46. The quantitative estimate of drug-likeness (QED) is 0.495. The molecular formula is C30H41N3O6. The maximum Gasteiger partial charge on any atom is 0.254 e. The lowest BCUT2D eigenvalue weighted by Crippen LogP contribution is -2.50. The Kier molecular flexibility index (Phi) is 9.92. The minimum atomic E-state index is 0.00844. The summed E-state index contributed by atoms with van der Waals surface area (Å²) in [4.78, 5) is 30.3. The highest BCUT2D eigenvalue weighted by Gasteiger charge is 2.32. The zero-order valence-corrected chi connectivity index (χ0v) is 23.5. The molecular weight excluding hydrogens is 498 g/mol. The summed E-state index contributed by atoms with van der Waals surface area (Å²) in [6, 6.07) is 11.6. The number of carbonyl (C=O) groups is 2. The van der Waals surface area contributed by atoms with E-state index in [0.29, 0.717) is 41.1 Å². The average molecular weight is 540 g/mol. The van der Waals surface area contributed by atoms with Gasteiger partial charge in [0.05, 0.1) is 28.4 Å². The number of piperidine rings is 2. The van der Waals surface area contributed by atoms with Gasteiger partial charge in [0, 0.05) is 43.2 Å². The lowest BCUT2D eigenvalue weighted by atomic mass is 9.92. The van der Waals surface area contributed by atoms with Crippen LogP contribution >= 0.6 is 0 Å². The highest BCUT2D eigenvalue weighted by molar-refractivity contribution is 5.95. The highest BCUT2D eigenvalue weighted by Crippen LogP contribution is 2.29. The topological polar surface area (TPSA) is 89.6 Å². The van der Waals surface area contributed by atoms with Gasteiger partial charge in [-0.15, -0.1) is 0 Å². The third kappa shape index (κ3) is 7.15. The van der Waals surface area contributed by atoms with Gasteiger partial charge < -0.3 is 34.1 Å². The number of rotatable bonds is 10. The van der Waals surface area contributed by atoms with Crippen molar-refractivity contribution >= 4 is 11.8 Å². The first-order chi connectivity index (χ1) is 18.9. The Labute approximate surface area is 231 Å². The summed E-state index contributed by atoms with van der Waals surface area (Å²) in [5.41, 5.74) is 1.68. The summed E-state index contributed by atoms with van der Waals surface area (Å²) in [7, 11) is 6.41. The molecule has 2 saturated heterocycles. The fourth-order valence-electron chi connectivity index (χ4n) is 5.58. The van der Waals surface area contributed by atoms with Crippen molar-refractivity contribution in [2.45, 2.75) is 38.1 Å². The molecule has 2 fully saturated rings. The smallest absolute Gasteiger partial charge is 0.254 e. The number of amides is 2. The van der Waals surface area contributed by atoms with Gasteiger partial charge in [0.25, 0.3) is 5.91 Å². The molecule has 0 saturated carbocycles. The molecule has 0 aromatic heterocycles. The van der Waals surface area contributed by atoms with Gasteiger partial charge in [0.15, 0.2) is 11.5 Å². The lowest BCUT2D eigenvalue weighted by molar-refractivity contribution is -0.126. The van der Waals surface area contributed by atoms with Crippen LogP contribution < -0.4 is 24.3 Å². The van der Waals surface area contributed by atoms with Gasteiger partial charge in [-0.2, -0.15) is 0 Å². The Morgan fingerprint density at radius 1 is 0.795 bits per heavy atom. The number of benzene rings is 2. The standard InChI is InChI=1S/C30H41N3O6/c1-36-25-18-23(19-26(20-25)37-2)30(35)33-15-10-24(11-16-33)32-13-8-22(9-14-32)29(34)31-12-7-21-5-6-27(38-3)28(17-21)39-4/h5-6,17-20,22,24H,7-16H2,1-4H3,(H,31,34). The molecule has 0 aliphatic carbocycles. The van der Waals surface area contributed by atoms with Crippen molar-refractivity contribution in [2.24, 2.45) is 5.92 Å². The minimum Gasteiger partial charge on any atom is -0.497 e. The predicted molar refractivity (Wildman–Crippen MR) is 149 cm³/mol. The molecule has 0 unspecified atom stereocenters. The molecule has 9 nitrogen and oxygen atoms in total. The second kappa shape index (κ2) is 13.6. The zero-order chi connectivity index (χ0) is 27.8. The maximum absolute atomic E-state index is 13.1. The summed E-state index contributed by atoms with van der Waals surface area (Å²) in [5.74, 6) is 2.83. The molecule has 2 aromatic rings. The summed E-state index contributed by atoms with van der Waals surface area (Å²) in [5, 5.41) is 3.12. The Morgan fingerprint density at radius 3 is 2.03 bits per heavy atom. The van der Waals surface area contributed by atoms with Crippen molar-refractivity contribution in [3.05, 3.63) is 47.5 Å².